The zero-order valence-corrected chi connectivity index (χ0v) is 31.8. The van der Waals surface area contributed by atoms with Crippen molar-refractivity contribution in [3.05, 3.63) is 42.0 Å². The highest BCUT2D eigenvalue weighted by Crippen LogP contribution is 2.18. The van der Waals surface area contributed by atoms with Crippen LogP contribution in [0.25, 0.3) is 0 Å². The number of ketones is 1. The van der Waals surface area contributed by atoms with Gasteiger partial charge in [-0.25, -0.2) is 4.79 Å². The number of rotatable bonds is 27. The Morgan fingerprint density at radius 2 is 1.42 bits per heavy atom. The summed E-state index contributed by atoms with van der Waals surface area (Å²) in [6, 6.07) is 6.82. The summed E-state index contributed by atoms with van der Waals surface area (Å²) in [5.74, 6) is -0.628. The lowest BCUT2D eigenvalue weighted by Crippen LogP contribution is -2.38. The van der Waals surface area contributed by atoms with Crippen LogP contribution in [-0.4, -0.2) is 55.4 Å². The van der Waals surface area contributed by atoms with Gasteiger partial charge in [0.15, 0.2) is 0 Å². The van der Waals surface area contributed by atoms with Gasteiger partial charge in [0.25, 0.3) is 0 Å². The van der Waals surface area contributed by atoms with Crippen molar-refractivity contribution in [1.82, 2.24) is 5.32 Å². The molecule has 1 aromatic rings. The zero-order valence-electron chi connectivity index (χ0n) is 31.8. The molecule has 0 radical (unpaired) electrons. The third kappa shape index (κ3) is 26.2. The lowest BCUT2D eigenvalue weighted by Gasteiger charge is -2.23. The molecule has 284 valence electrons. The SMILES string of the molecule is CCCCCCCC(=O)CCCCCC/C=C/C[C@@H](CC(N)=O)C(=O)OC(C)(C)C.CCCCOc1ccc(C[C@H](NC=O)C(=O)OC)cc1. The number of unbranched alkanes of at least 4 members (excludes halogenated alkanes) is 9. The highest BCUT2D eigenvalue weighted by molar-refractivity contribution is 5.82. The van der Waals surface area contributed by atoms with Crippen molar-refractivity contribution in [2.75, 3.05) is 13.7 Å². The molecule has 10 nitrogen and oxygen atoms in total. The van der Waals surface area contributed by atoms with Gasteiger partial charge in [-0.2, -0.15) is 0 Å². The first-order valence-electron chi connectivity index (χ1n) is 18.5. The first-order valence-corrected chi connectivity index (χ1v) is 18.5. The lowest BCUT2D eigenvalue weighted by molar-refractivity contribution is -0.161. The minimum Gasteiger partial charge on any atom is -0.494 e. The molecule has 0 aliphatic carbocycles. The molecule has 3 N–H and O–H groups in total. The minimum atomic E-state index is -0.663. The number of benzene rings is 1. The molecule has 0 fully saturated rings. The Hall–Kier alpha value is -3.69. The van der Waals surface area contributed by atoms with E-state index >= 15 is 0 Å². The van der Waals surface area contributed by atoms with Crippen LogP contribution in [-0.2, 0) is 39.9 Å². The highest BCUT2D eigenvalue weighted by Gasteiger charge is 2.25. The molecule has 50 heavy (non-hydrogen) atoms. The van der Waals surface area contributed by atoms with E-state index in [1.54, 1.807) is 0 Å². The molecule has 10 heteroatoms. The van der Waals surface area contributed by atoms with Gasteiger partial charge in [-0.15, -0.1) is 0 Å². The fraction of sp³-hybridized carbons (Fsp3) is 0.675. The van der Waals surface area contributed by atoms with Gasteiger partial charge in [-0.1, -0.05) is 83.1 Å². The zero-order chi connectivity index (χ0) is 37.6. The average Bonchev–Trinajstić information content (AvgIpc) is 3.06. The van der Waals surface area contributed by atoms with Gasteiger partial charge in [-0.3, -0.25) is 19.2 Å². The van der Waals surface area contributed by atoms with Gasteiger partial charge in [0.2, 0.25) is 12.3 Å². The van der Waals surface area contributed by atoms with Crippen LogP contribution in [0.4, 0.5) is 0 Å². The first-order chi connectivity index (χ1) is 23.9. The molecule has 0 aliphatic rings. The van der Waals surface area contributed by atoms with Crippen molar-refractivity contribution in [3.63, 3.8) is 0 Å². The van der Waals surface area contributed by atoms with Crippen LogP contribution in [0.3, 0.4) is 0 Å². The number of carbonyl (C=O) groups excluding carboxylic acids is 5. The Morgan fingerprint density at radius 3 is 1.96 bits per heavy atom. The Labute approximate surface area is 301 Å². The van der Waals surface area contributed by atoms with Gasteiger partial charge in [-0.05, 0) is 77.0 Å². The molecule has 2 amide bonds. The maximum absolute atomic E-state index is 12.2. The molecule has 0 bridgehead atoms. The molecule has 0 aliphatic heterocycles. The van der Waals surface area contributed by atoms with E-state index in [0.717, 1.165) is 69.1 Å². The van der Waals surface area contributed by atoms with Gasteiger partial charge >= 0.3 is 11.9 Å². The summed E-state index contributed by atoms with van der Waals surface area (Å²) >= 11 is 0. The predicted molar refractivity (Wildman–Crippen MR) is 199 cm³/mol. The number of nitrogens with two attached hydrogens (primary N) is 1. The second kappa shape index (κ2) is 29.1. The summed E-state index contributed by atoms with van der Waals surface area (Å²) < 4.78 is 15.6. The molecule has 0 spiro atoms. The standard InChI is InChI=1S/C25H45NO4.C15H21NO4/c1-5-6-7-11-15-18-22(27)19-16-13-10-8-9-12-14-17-21(20-23(26)28)24(29)30-25(2,3)4;1-3-4-9-20-13-7-5-12(6-8-13)10-14(16-11-17)15(18)19-2/h12,14,21H,5-11,13,15-20H2,1-4H3,(H2,26,28);5-8,11,14H,3-4,9-10H2,1-2H3,(H,16,17)/b14-12+;/t21-;14-/m00/s1. The number of carbonyl (C=O) groups is 5. The normalized spacial score (nSPS) is 12.3. The van der Waals surface area contributed by atoms with Crippen molar-refractivity contribution < 1.29 is 38.2 Å². The Balaban J connectivity index is 0.00000104. The monoisotopic (exact) mass is 702 g/mol. The number of Topliss-reactive ketones (excluding diaryl/α,β-unsaturated/α-hetero) is 1. The Kier molecular flexibility index (Phi) is 26.9. The predicted octanol–water partition coefficient (Wildman–Crippen LogP) is 7.73. The van der Waals surface area contributed by atoms with Crippen LogP contribution in [0.1, 0.15) is 143 Å². The topological polar surface area (TPSA) is 151 Å². The van der Waals surface area contributed by atoms with Crippen molar-refractivity contribution in [2.24, 2.45) is 11.7 Å². The van der Waals surface area contributed by atoms with Gasteiger partial charge in [0.05, 0.1) is 19.6 Å². The third-order valence-corrected chi connectivity index (χ3v) is 7.80. The van der Waals surface area contributed by atoms with Crippen LogP contribution in [0.15, 0.2) is 36.4 Å². The second-order valence-electron chi connectivity index (χ2n) is 13.7. The summed E-state index contributed by atoms with van der Waals surface area (Å²) in [6.07, 6.45) is 20.1. The molecule has 2 atom stereocenters. The number of hydrogen-bond acceptors (Lipinski definition) is 8. The first kappa shape index (κ1) is 46.3. The van der Waals surface area contributed by atoms with Gasteiger partial charge in [0, 0.05) is 25.7 Å². The van der Waals surface area contributed by atoms with E-state index in [4.69, 9.17) is 15.2 Å². The number of ether oxygens (including phenoxy) is 3. The van der Waals surface area contributed by atoms with Crippen LogP contribution in [0.2, 0.25) is 0 Å². The van der Waals surface area contributed by atoms with Crippen molar-refractivity contribution >= 4 is 30.0 Å². The highest BCUT2D eigenvalue weighted by atomic mass is 16.6. The Bertz CT molecular complexity index is 1110. The van der Waals surface area contributed by atoms with E-state index < -0.39 is 29.4 Å². The minimum absolute atomic E-state index is 0.00584. The molecule has 0 saturated carbocycles. The maximum atomic E-state index is 12.2. The molecule has 1 rings (SSSR count). The molecule has 0 saturated heterocycles. The number of methoxy groups -OCH3 is 1. The summed E-state index contributed by atoms with van der Waals surface area (Å²) in [5.41, 5.74) is 5.62. The average molecular weight is 703 g/mol. The summed E-state index contributed by atoms with van der Waals surface area (Å²) in [4.78, 5) is 57.3. The molecule has 0 heterocycles. The van der Waals surface area contributed by atoms with E-state index in [1.807, 2.05) is 51.1 Å². The van der Waals surface area contributed by atoms with E-state index in [1.165, 1.54) is 32.8 Å². The fourth-order valence-corrected chi connectivity index (χ4v) is 4.98. The lowest BCUT2D eigenvalue weighted by atomic mass is 9.99. The molecule has 1 aromatic carbocycles. The molecular weight excluding hydrogens is 636 g/mol. The van der Waals surface area contributed by atoms with Crippen molar-refractivity contribution in [3.8, 4) is 5.75 Å². The van der Waals surface area contributed by atoms with Crippen LogP contribution < -0.4 is 15.8 Å². The Morgan fingerprint density at radius 1 is 0.820 bits per heavy atom. The third-order valence-electron chi connectivity index (χ3n) is 7.80. The summed E-state index contributed by atoms with van der Waals surface area (Å²) in [7, 11) is 1.30. The summed E-state index contributed by atoms with van der Waals surface area (Å²) in [6.45, 7) is 10.4. The molecular formula is C40H66N2O8. The largest absolute Gasteiger partial charge is 0.494 e. The van der Waals surface area contributed by atoms with Crippen LogP contribution in [0, 0.1) is 5.92 Å². The number of primary amides is 1. The number of nitrogens with one attached hydrogen (secondary N) is 1. The smallest absolute Gasteiger partial charge is 0.328 e. The van der Waals surface area contributed by atoms with E-state index in [0.29, 0.717) is 38.1 Å². The van der Waals surface area contributed by atoms with Gasteiger partial charge in [0.1, 0.15) is 23.2 Å². The number of esters is 2. The van der Waals surface area contributed by atoms with Crippen molar-refractivity contribution in [2.45, 2.75) is 155 Å². The molecule has 0 unspecified atom stereocenters. The van der Waals surface area contributed by atoms with E-state index in [-0.39, 0.29) is 12.4 Å². The number of amides is 2. The fourth-order valence-electron chi connectivity index (χ4n) is 4.98. The number of hydrogen-bond donors (Lipinski definition) is 2. The maximum Gasteiger partial charge on any atom is 0.328 e. The van der Waals surface area contributed by atoms with Crippen LogP contribution in [0.5, 0.6) is 5.75 Å². The van der Waals surface area contributed by atoms with Gasteiger partial charge < -0.3 is 25.3 Å². The van der Waals surface area contributed by atoms with Crippen molar-refractivity contribution in [1.29, 1.82) is 0 Å². The van der Waals surface area contributed by atoms with Crippen LogP contribution >= 0.6 is 0 Å². The number of allylic oxidation sites excluding steroid dienone is 2. The second-order valence-corrected chi connectivity index (χ2v) is 13.7. The van der Waals surface area contributed by atoms with E-state index in [9.17, 15) is 24.0 Å². The summed E-state index contributed by atoms with van der Waals surface area (Å²) in [5, 5.41) is 2.45. The quantitative estimate of drug-likeness (QED) is 0.0409. The molecule has 0 aromatic heterocycles. The van der Waals surface area contributed by atoms with E-state index in [2.05, 4.69) is 30.0 Å².